The zero-order valence-electron chi connectivity index (χ0n) is 25.3. The molecule has 4 unspecified atom stereocenters. The zero-order valence-corrected chi connectivity index (χ0v) is 25.3. The first kappa shape index (κ1) is 36.8. The number of aliphatic imine (C=N–C) groups is 2. The van der Waals surface area contributed by atoms with Crippen molar-refractivity contribution >= 4 is 52.5 Å². The fourth-order valence-electron chi connectivity index (χ4n) is 4.50. The van der Waals surface area contributed by atoms with Crippen molar-refractivity contribution in [3.05, 3.63) is 36.0 Å². The highest BCUT2D eigenvalue weighted by atomic mass is 16.4. The van der Waals surface area contributed by atoms with E-state index in [4.69, 9.17) is 33.8 Å². The molecule has 0 saturated heterocycles. The minimum absolute atomic E-state index is 0.0149. The number of H-pyrrole nitrogens is 1. The Balaban J connectivity index is 2.30. The fourth-order valence-corrected chi connectivity index (χ4v) is 4.50. The number of nitrogens with one attached hydrogen (secondary N) is 4. The lowest BCUT2D eigenvalue weighted by Crippen LogP contribution is -2.57. The van der Waals surface area contributed by atoms with Gasteiger partial charge < -0.3 is 59.8 Å². The molecule has 18 nitrogen and oxygen atoms in total. The molecule has 0 spiro atoms. The van der Waals surface area contributed by atoms with Crippen LogP contribution in [0.5, 0.6) is 0 Å². The molecule has 4 atom stereocenters. The predicted octanol–water partition coefficient (Wildman–Crippen LogP) is -2.45. The molecule has 2 rings (SSSR count). The molecule has 18 heteroatoms. The minimum Gasteiger partial charge on any atom is -0.481 e. The molecule has 0 bridgehead atoms. The molecule has 0 aliphatic rings. The number of nitrogens with two attached hydrogens (primary N) is 5. The Morgan fingerprint density at radius 1 is 0.761 bits per heavy atom. The first-order valence-corrected chi connectivity index (χ1v) is 14.6. The number of fused-ring (bicyclic) bond motifs is 1. The lowest BCUT2D eigenvalue weighted by atomic mass is 10.0. The Labute approximate surface area is 264 Å². The number of para-hydroxylation sites is 1. The number of aromatic amines is 1. The third kappa shape index (κ3) is 12.7. The van der Waals surface area contributed by atoms with E-state index in [0.29, 0.717) is 12.0 Å². The van der Waals surface area contributed by atoms with Gasteiger partial charge >= 0.3 is 11.9 Å². The van der Waals surface area contributed by atoms with Crippen LogP contribution in [0.25, 0.3) is 10.9 Å². The van der Waals surface area contributed by atoms with Gasteiger partial charge in [0.1, 0.15) is 18.1 Å². The normalized spacial score (nSPS) is 13.4. The monoisotopic (exact) mass is 645 g/mol. The summed E-state index contributed by atoms with van der Waals surface area (Å²) in [5, 5.41) is 26.9. The molecule has 0 aliphatic heterocycles. The number of rotatable bonds is 20. The Morgan fingerprint density at radius 3 is 1.93 bits per heavy atom. The average Bonchev–Trinajstić information content (AvgIpc) is 3.40. The Morgan fingerprint density at radius 2 is 1.33 bits per heavy atom. The Bertz CT molecular complexity index is 1420. The molecule has 0 radical (unpaired) electrons. The number of hydrogen-bond donors (Lipinski definition) is 11. The molecule has 0 fully saturated rings. The van der Waals surface area contributed by atoms with Crippen molar-refractivity contribution in [2.24, 2.45) is 38.7 Å². The minimum atomic E-state index is -1.53. The Kier molecular flexibility index (Phi) is 14.7. The number of guanidine groups is 2. The number of carboxylic acids is 2. The van der Waals surface area contributed by atoms with E-state index in [1.54, 1.807) is 6.20 Å². The summed E-state index contributed by atoms with van der Waals surface area (Å²) in [6, 6.07) is 2.32. The summed E-state index contributed by atoms with van der Waals surface area (Å²) in [4.78, 5) is 73.6. The van der Waals surface area contributed by atoms with Crippen LogP contribution in [0.2, 0.25) is 0 Å². The molecule has 1 aromatic carbocycles. The van der Waals surface area contributed by atoms with Crippen LogP contribution in [0.1, 0.15) is 44.1 Å². The molecule has 0 aliphatic carbocycles. The maximum Gasteiger partial charge on any atom is 0.326 e. The van der Waals surface area contributed by atoms with E-state index in [1.165, 1.54) is 0 Å². The van der Waals surface area contributed by atoms with Gasteiger partial charge in [-0.2, -0.15) is 0 Å². The van der Waals surface area contributed by atoms with Crippen LogP contribution in [0.3, 0.4) is 0 Å². The van der Waals surface area contributed by atoms with Crippen molar-refractivity contribution < 1.29 is 34.2 Å². The van der Waals surface area contributed by atoms with Crippen LogP contribution < -0.4 is 44.6 Å². The van der Waals surface area contributed by atoms with Gasteiger partial charge in [-0.15, -0.1) is 0 Å². The molecule has 252 valence electrons. The molecular formula is C28H43N11O7. The number of amides is 3. The van der Waals surface area contributed by atoms with Crippen LogP contribution >= 0.6 is 0 Å². The molecule has 1 heterocycles. The lowest BCUT2D eigenvalue weighted by molar-refractivity contribution is -0.143. The van der Waals surface area contributed by atoms with Crippen LogP contribution in [-0.2, 0) is 30.4 Å². The summed E-state index contributed by atoms with van der Waals surface area (Å²) in [6.07, 6.45) is 1.63. The van der Waals surface area contributed by atoms with E-state index in [2.05, 4.69) is 30.9 Å². The van der Waals surface area contributed by atoms with E-state index < -0.39 is 60.2 Å². The smallest absolute Gasteiger partial charge is 0.326 e. The topological polar surface area (TPSA) is 333 Å². The SMILES string of the molecule is NC(N)=NCCCC(N)C(=O)NC(Cc1c[nH]c2ccccc12)C(=O)NC(CCCN=C(N)N)C(=O)NC(CCC(=O)O)C(=O)O. The summed E-state index contributed by atoms with van der Waals surface area (Å²) < 4.78 is 0. The van der Waals surface area contributed by atoms with Gasteiger partial charge in [0.05, 0.1) is 6.04 Å². The number of carbonyl (C=O) groups is 5. The van der Waals surface area contributed by atoms with Gasteiger partial charge in [-0.1, -0.05) is 18.2 Å². The van der Waals surface area contributed by atoms with Crippen LogP contribution in [0.15, 0.2) is 40.4 Å². The average molecular weight is 646 g/mol. The van der Waals surface area contributed by atoms with Gasteiger partial charge in [0.2, 0.25) is 17.7 Å². The van der Waals surface area contributed by atoms with E-state index in [-0.39, 0.29) is 57.1 Å². The van der Waals surface area contributed by atoms with Gasteiger partial charge in [-0.05, 0) is 43.7 Å². The number of benzene rings is 1. The van der Waals surface area contributed by atoms with Crippen molar-refractivity contribution in [2.45, 2.75) is 69.1 Å². The van der Waals surface area contributed by atoms with E-state index in [0.717, 1.165) is 10.9 Å². The summed E-state index contributed by atoms with van der Waals surface area (Å²) in [7, 11) is 0. The molecule has 2 aromatic rings. The highest BCUT2D eigenvalue weighted by Gasteiger charge is 2.31. The predicted molar refractivity (Wildman–Crippen MR) is 170 cm³/mol. The quantitative estimate of drug-likeness (QED) is 0.0406. The summed E-state index contributed by atoms with van der Waals surface area (Å²) >= 11 is 0. The van der Waals surface area contributed by atoms with Gasteiger partial charge in [-0.25, -0.2) is 4.79 Å². The number of carbonyl (C=O) groups excluding carboxylic acids is 3. The second-order valence-electron chi connectivity index (χ2n) is 10.5. The molecule has 16 N–H and O–H groups in total. The van der Waals surface area contributed by atoms with Crippen molar-refractivity contribution in [3.8, 4) is 0 Å². The zero-order chi connectivity index (χ0) is 34.2. The lowest BCUT2D eigenvalue weighted by Gasteiger charge is -2.25. The third-order valence-corrected chi connectivity index (χ3v) is 6.88. The molecule has 46 heavy (non-hydrogen) atoms. The maximum atomic E-state index is 13.7. The van der Waals surface area contributed by atoms with Crippen molar-refractivity contribution in [1.82, 2.24) is 20.9 Å². The number of aliphatic carboxylic acids is 2. The van der Waals surface area contributed by atoms with E-state index >= 15 is 0 Å². The van der Waals surface area contributed by atoms with Crippen LogP contribution in [-0.4, -0.2) is 94.0 Å². The third-order valence-electron chi connectivity index (χ3n) is 6.88. The summed E-state index contributed by atoms with van der Waals surface area (Å²) in [6.45, 7) is 0.358. The van der Waals surface area contributed by atoms with E-state index in [9.17, 15) is 29.1 Å². The van der Waals surface area contributed by atoms with Crippen molar-refractivity contribution in [2.75, 3.05) is 13.1 Å². The largest absolute Gasteiger partial charge is 0.481 e. The first-order valence-electron chi connectivity index (χ1n) is 14.6. The highest BCUT2D eigenvalue weighted by molar-refractivity contribution is 5.95. The van der Waals surface area contributed by atoms with Crippen molar-refractivity contribution in [1.29, 1.82) is 0 Å². The number of carboxylic acid groups (broad SMARTS) is 2. The van der Waals surface area contributed by atoms with Gasteiger partial charge in [-0.3, -0.25) is 29.2 Å². The van der Waals surface area contributed by atoms with Crippen molar-refractivity contribution in [3.63, 3.8) is 0 Å². The molecular weight excluding hydrogens is 602 g/mol. The van der Waals surface area contributed by atoms with Crippen LogP contribution in [0, 0.1) is 0 Å². The van der Waals surface area contributed by atoms with Gasteiger partial charge in [0.15, 0.2) is 11.9 Å². The number of aromatic nitrogens is 1. The van der Waals surface area contributed by atoms with Gasteiger partial charge in [0.25, 0.3) is 0 Å². The molecule has 0 saturated carbocycles. The fraction of sp³-hybridized carbons (Fsp3) is 0.464. The summed E-state index contributed by atoms with van der Waals surface area (Å²) in [5.41, 5.74) is 29.0. The summed E-state index contributed by atoms with van der Waals surface area (Å²) in [5.74, 6) is -5.21. The van der Waals surface area contributed by atoms with Crippen LogP contribution in [0.4, 0.5) is 0 Å². The van der Waals surface area contributed by atoms with Gasteiger partial charge in [0, 0.05) is 43.0 Å². The van der Waals surface area contributed by atoms with E-state index in [1.807, 2.05) is 24.3 Å². The maximum absolute atomic E-state index is 13.7. The second-order valence-corrected chi connectivity index (χ2v) is 10.5. The number of nitrogens with zero attached hydrogens (tertiary/aromatic N) is 2. The highest BCUT2D eigenvalue weighted by Crippen LogP contribution is 2.19. The standard InChI is InChI=1S/C28H43N11O7/c29-17(6-3-11-34-27(30)31)23(42)39-21(13-15-14-36-18-7-2-1-5-16(15)18)25(44)37-19(8-4-12-35-28(32)33)24(43)38-20(26(45)46)9-10-22(40)41/h1-2,5,7,14,17,19-21,36H,3-4,6,8-13,29H2,(H,37,44)(H,38,43)(H,39,42)(H,40,41)(H,45,46)(H4,30,31,34)(H4,32,33,35). The first-order chi connectivity index (χ1) is 21.8. The molecule has 3 amide bonds. The second kappa shape index (κ2) is 18.4. The Hall–Kier alpha value is -5.39. The molecule has 1 aromatic heterocycles. The number of hydrogen-bond acceptors (Lipinski definition) is 8.